The standard InChI is InChI=1S/C19H22N2O3/c1-4-10-20(11-5-2)17(22)7-6-12-21-18(23)15-9-8-14(3)13-16(15)19(21)24/h4-5,8-9,13H,1-2,6-7,10-12H2,3H3. The molecule has 0 aromatic heterocycles. The van der Waals surface area contributed by atoms with Gasteiger partial charge in [0, 0.05) is 26.1 Å². The number of hydrogen-bond acceptors (Lipinski definition) is 3. The van der Waals surface area contributed by atoms with E-state index in [0.717, 1.165) is 5.56 Å². The normalized spacial score (nSPS) is 13.0. The highest BCUT2D eigenvalue weighted by Gasteiger charge is 2.35. The van der Waals surface area contributed by atoms with Gasteiger partial charge in [-0.05, 0) is 25.5 Å². The van der Waals surface area contributed by atoms with Crippen molar-refractivity contribution in [2.45, 2.75) is 19.8 Å². The van der Waals surface area contributed by atoms with Crippen molar-refractivity contribution < 1.29 is 14.4 Å². The Labute approximate surface area is 142 Å². The molecule has 0 saturated carbocycles. The molecule has 24 heavy (non-hydrogen) atoms. The summed E-state index contributed by atoms with van der Waals surface area (Å²) in [5, 5.41) is 0. The first-order valence-corrected chi connectivity index (χ1v) is 7.96. The van der Waals surface area contributed by atoms with Gasteiger partial charge in [-0.1, -0.05) is 23.8 Å². The molecule has 2 rings (SSSR count). The number of carbonyl (C=O) groups excluding carboxylic acids is 3. The number of amides is 3. The van der Waals surface area contributed by atoms with E-state index >= 15 is 0 Å². The van der Waals surface area contributed by atoms with Gasteiger partial charge >= 0.3 is 0 Å². The van der Waals surface area contributed by atoms with E-state index in [1.165, 1.54) is 4.90 Å². The van der Waals surface area contributed by atoms with Gasteiger partial charge in [-0.3, -0.25) is 19.3 Å². The summed E-state index contributed by atoms with van der Waals surface area (Å²) >= 11 is 0. The molecule has 0 N–H and O–H groups in total. The maximum absolute atomic E-state index is 12.4. The van der Waals surface area contributed by atoms with Crippen LogP contribution >= 0.6 is 0 Å². The molecule has 0 radical (unpaired) electrons. The second-order valence-electron chi connectivity index (χ2n) is 5.79. The van der Waals surface area contributed by atoms with Crippen molar-refractivity contribution in [3.05, 3.63) is 60.2 Å². The molecule has 0 atom stereocenters. The van der Waals surface area contributed by atoms with Gasteiger partial charge in [0.2, 0.25) is 5.91 Å². The Balaban J connectivity index is 1.95. The van der Waals surface area contributed by atoms with Crippen LogP contribution in [-0.4, -0.2) is 47.2 Å². The average molecular weight is 326 g/mol. The first kappa shape index (κ1) is 17.7. The van der Waals surface area contributed by atoms with Crippen molar-refractivity contribution in [3.63, 3.8) is 0 Å². The highest BCUT2D eigenvalue weighted by Crippen LogP contribution is 2.24. The third-order valence-corrected chi connectivity index (χ3v) is 3.95. The lowest BCUT2D eigenvalue weighted by molar-refractivity contribution is -0.130. The summed E-state index contributed by atoms with van der Waals surface area (Å²) in [6.45, 7) is 10.3. The zero-order chi connectivity index (χ0) is 17.7. The lowest BCUT2D eigenvalue weighted by Gasteiger charge is -2.20. The summed E-state index contributed by atoms with van der Waals surface area (Å²) in [6.07, 6.45) is 4.03. The van der Waals surface area contributed by atoms with Gasteiger partial charge in [0.05, 0.1) is 11.1 Å². The first-order chi connectivity index (χ1) is 11.5. The van der Waals surface area contributed by atoms with Crippen LogP contribution in [0.5, 0.6) is 0 Å². The maximum atomic E-state index is 12.4. The fraction of sp³-hybridized carbons (Fsp3) is 0.316. The molecule has 0 spiro atoms. The number of benzene rings is 1. The van der Waals surface area contributed by atoms with Crippen LogP contribution in [0, 0.1) is 6.92 Å². The summed E-state index contributed by atoms with van der Waals surface area (Å²) in [4.78, 5) is 39.7. The van der Waals surface area contributed by atoms with E-state index in [1.54, 1.807) is 29.2 Å². The minimum Gasteiger partial charge on any atom is -0.335 e. The van der Waals surface area contributed by atoms with E-state index in [-0.39, 0.29) is 30.7 Å². The highest BCUT2D eigenvalue weighted by atomic mass is 16.2. The van der Waals surface area contributed by atoms with Crippen LogP contribution in [0.25, 0.3) is 0 Å². The van der Waals surface area contributed by atoms with Crippen LogP contribution in [0.4, 0.5) is 0 Å². The van der Waals surface area contributed by atoms with Crippen LogP contribution in [0.15, 0.2) is 43.5 Å². The minimum absolute atomic E-state index is 0.0396. The molecule has 0 bridgehead atoms. The molecule has 126 valence electrons. The molecule has 1 aromatic carbocycles. The summed E-state index contributed by atoms with van der Waals surface area (Å²) < 4.78 is 0. The number of aryl methyl sites for hydroxylation is 1. The number of rotatable bonds is 8. The van der Waals surface area contributed by atoms with Crippen LogP contribution in [-0.2, 0) is 4.79 Å². The topological polar surface area (TPSA) is 57.7 Å². The smallest absolute Gasteiger partial charge is 0.261 e. The molecule has 1 aromatic rings. The van der Waals surface area contributed by atoms with Gasteiger partial charge in [-0.2, -0.15) is 0 Å². The van der Waals surface area contributed by atoms with Crippen LogP contribution < -0.4 is 0 Å². The van der Waals surface area contributed by atoms with Crippen LogP contribution in [0.3, 0.4) is 0 Å². The predicted octanol–water partition coefficient (Wildman–Crippen LogP) is 2.57. The molecule has 3 amide bonds. The van der Waals surface area contributed by atoms with Crippen molar-refractivity contribution in [2.75, 3.05) is 19.6 Å². The highest BCUT2D eigenvalue weighted by molar-refractivity contribution is 6.21. The predicted molar refractivity (Wildman–Crippen MR) is 92.8 cm³/mol. The largest absolute Gasteiger partial charge is 0.335 e. The zero-order valence-corrected chi connectivity index (χ0v) is 14.0. The molecular weight excluding hydrogens is 304 g/mol. The molecule has 0 saturated heterocycles. The average Bonchev–Trinajstić information content (AvgIpc) is 2.79. The number of imide groups is 1. The summed E-state index contributed by atoms with van der Waals surface area (Å²) in [5.74, 6) is -0.598. The third-order valence-electron chi connectivity index (χ3n) is 3.95. The Morgan fingerprint density at radius 3 is 2.38 bits per heavy atom. The minimum atomic E-state index is -0.281. The van der Waals surface area contributed by atoms with Gasteiger partial charge < -0.3 is 4.90 Å². The van der Waals surface area contributed by atoms with Crippen LogP contribution in [0.2, 0.25) is 0 Å². The van der Waals surface area contributed by atoms with Crippen molar-refractivity contribution >= 4 is 17.7 Å². The molecule has 0 aliphatic carbocycles. The fourth-order valence-electron chi connectivity index (χ4n) is 2.74. The van der Waals surface area contributed by atoms with Gasteiger partial charge in [-0.15, -0.1) is 13.2 Å². The van der Waals surface area contributed by atoms with Gasteiger partial charge in [-0.25, -0.2) is 0 Å². The Bertz CT molecular complexity index is 684. The second-order valence-corrected chi connectivity index (χ2v) is 5.79. The van der Waals surface area contributed by atoms with E-state index in [2.05, 4.69) is 13.2 Å². The molecule has 1 aliphatic heterocycles. The fourth-order valence-corrected chi connectivity index (χ4v) is 2.74. The van der Waals surface area contributed by atoms with Crippen molar-refractivity contribution in [1.82, 2.24) is 9.80 Å². The van der Waals surface area contributed by atoms with Gasteiger partial charge in [0.1, 0.15) is 0 Å². The molecule has 0 fully saturated rings. The SMILES string of the molecule is C=CCN(CC=C)C(=O)CCCN1C(=O)c2ccc(C)cc2C1=O. The molecular formula is C19H22N2O3. The van der Waals surface area contributed by atoms with Crippen molar-refractivity contribution in [1.29, 1.82) is 0 Å². The number of fused-ring (bicyclic) bond motifs is 1. The van der Waals surface area contributed by atoms with Crippen molar-refractivity contribution in [3.8, 4) is 0 Å². The van der Waals surface area contributed by atoms with E-state index in [9.17, 15) is 14.4 Å². The Hall–Kier alpha value is -2.69. The molecule has 1 aliphatic rings. The molecule has 5 nitrogen and oxygen atoms in total. The summed E-state index contributed by atoms with van der Waals surface area (Å²) in [6, 6.07) is 5.24. The lowest BCUT2D eigenvalue weighted by atomic mass is 10.1. The Morgan fingerprint density at radius 2 is 1.75 bits per heavy atom. The summed E-state index contributed by atoms with van der Waals surface area (Å²) in [5.41, 5.74) is 1.83. The summed E-state index contributed by atoms with van der Waals surface area (Å²) in [7, 11) is 0. The monoisotopic (exact) mass is 326 g/mol. The Morgan fingerprint density at radius 1 is 1.12 bits per heavy atom. The number of hydrogen-bond donors (Lipinski definition) is 0. The molecule has 5 heteroatoms. The van der Waals surface area contributed by atoms with Crippen molar-refractivity contribution in [2.24, 2.45) is 0 Å². The van der Waals surface area contributed by atoms with E-state index in [0.29, 0.717) is 30.6 Å². The van der Waals surface area contributed by atoms with Gasteiger partial charge in [0.15, 0.2) is 0 Å². The molecule has 0 unspecified atom stereocenters. The van der Waals surface area contributed by atoms with E-state index in [1.807, 2.05) is 13.0 Å². The van der Waals surface area contributed by atoms with E-state index < -0.39 is 0 Å². The van der Waals surface area contributed by atoms with E-state index in [4.69, 9.17) is 0 Å². The number of carbonyl (C=O) groups is 3. The second kappa shape index (κ2) is 7.73. The first-order valence-electron chi connectivity index (χ1n) is 7.96. The quantitative estimate of drug-likeness (QED) is 0.545. The third kappa shape index (κ3) is 3.62. The van der Waals surface area contributed by atoms with Gasteiger partial charge in [0.25, 0.3) is 11.8 Å². The number of nitrogens with zero attached hydrogens (tertiary/aromatic N) is 2. The Kier molecular flexibility index (Phi) is 5.68. The lowest BCUT2D eigenvalue weighted by Crippen LogP contribution is -2.34. The molecule has 1 heterocycles. The van der Waals surface area contributed by atoms with Crippen LogP contribution in [0.1, 0.15) is 39.1 Å². The maximum Gasteiger partial charge on any atom is 0.261 e. The zero-order valence-electron chi connectivity index (χ0n) is 14.0.